The van der Waals surface area contributed by atoms with E-state index in [2.05, 4.69) is 5.32 Å². The maximum absolute atomic E-state index is 11.5. The first kappa shape index (κ1) is 13.7. The van der Waals surface area contributed by atoms with Crippen molar-refractivity contribution in [2.24, 2.45) is 0 Å². The molecular weight excluding hydrogens is 238 g/mol. The van der Waals surface area contributed by atoms with Crippen LogP contribution < -0.4 is 5.32 Å². The predicted octanol–water partition coefficient (Wildman–Crippen LogP) is 2.57. The highest BCUT2D eigenvalue weighted by Crippen LogP contribution is 2.18. The van der Waals surface area contributed by atoms with Gasteiger partial charge in [-0.25, -0.2) is 0 Å². The highest BCUT2D eigenvalue weighted by Gasteiger charge is 2.09. The molecule has 0 spiro atoms. The molecule has 17 heavy (non-hydrogen) atoms. The van der Waals surface area contributed by atoms with Crippen molar-refractivity contribution in [2.45, 2.75) is 38.6 Å². The normalized spacial score (nSPS) is 12.1. The van der Waals surface area contributed by atoms with Crippen molar-refractivity contribution in [1.82, 2.24) is 5.32 Å². The Hall–Kier alpha value is -1.36. The number of carbonyl (C=O) groups excluding carboxylic acids is 1. The third-order valence-corrected chi connectivity index (χ3v) is 3.45. The maximum Gasteiger partial charge on any atom is 0.303 e. The van der Waals surface area contributed by atoms with Crippen LogP contribution in [-0.2, 0) is 9.59 Å². The zero-order valence-electron chi connectivity index (χ0n) is 9.81. The molecule has 0 aromatic carbocycles. The van der Waals surface area contributed by atoms with Crippen LogP contribution in [0.1, 0.15) is 43.5 Å². The Balaban J connectivity index is 2.19. The second kappa shape index (κ2) is 7.06. The monoisotopic (exact) mass is 255 g/mol. The fourth-order valence-electron chi connectivity index (χ4n) is 1.48. The van der Waals surface area contributed by atoms with Crippen molar-refractivity contribution >= 4 is 23.2 Å². The molecule has 0 bridgehead atoms. The van der Waals surface area contributed by atoms with Crippen LogP contribution in [-0.4, -0.2) is 17.0 Å². The van der Waals surface area contributed by atoms with Crippen molar-refractivity contribution in [3.8, 4) is 0 Å². The average molecular weight is 255 g/mol. The minimum Gasteiger partial charge on any atom is -0.481 e. The molecule has 4 nitrogen and oxygen atoms in total. The summed E-state index contributed by atoms with van der Waals surface area (Å²) in [5.41, 5.74) is 0. The largest absolute Gasteiger partial charge is 0.481 e. The summed E-state index contributed by atoms with van der Waals surface area (Å²) in [6, 6.07) is 3.97. The zero-order chi connectivity index (χ0) is 12.7. The Morgan fingerprint density at radius 2 is 2.12 bits per heavy atom. The third-order valence-electron chi connectivity index (χ3n) is 2.39. The fraction of sp³-hybridized carbons (Fsp3) is 0.500. The summed E-state index contributed by atoms with van der Waals surface area (Å²) in [7, 11) is 0. The van der Waals surface area contributed by atoms with Crippen LogP contribution in [0.3, 0.4) is 0 Å². The molecule has 1 aromatic rings. The molecule has 94 valence electrons. The number of nitrogens with one attached hydrogen (secondary N) is 1. The van der Waals surface area contributed by atoms with Gasteiger partial charge in [0.1, 0.15) is 0 Å². The number of carboxylic acids is 1. The zero-order valence-corrected chi connectivity index (χ0v) is 10.6. The Labute approximate surface area is 105 Å². The van der Waals surface area contributed by atoms with Gasteiger partial charge in [-0.05, 0) is 31.2 Å². The van der Waals surface area contributed by atoms with Crippen molar-refractivity contribution in [2.75, 3.05) is 0 Å². The van der Waals surface area contributed by atoms with E-state index in [1.54, 1.807) is 11.3 Å². The van der Waals surface area contributed by atoms with Crippen LogP contribution in [0.4, 0.5) is 0 Å². The number of thiophene rings is 1. The first-order valence-electron chi connectivity index (χ1n) is 5.64. The van der Waals surface area contributed by atoms with Crippen LogP contribution in [0, 0.1) is 0 Å². The smallest absolute Gasteiger partial charge is 0.303 e. The van der Waals surface area contributed by atoms with Gasteiger partial charge in [0.15, 0.2) is 0 Å². The Bertz CT molecular complexity index is 362. The highest BCUT2D eigenvalue weighted by molar-refractivity contribution is 7.10. The Morgan fingerprint density at radius 1 is 1.41 bits per heavy atom. The summed E-state index contributed by atoms with van der Waals surface area (Å²) in [4.78, 5) is 22.9. The lowest BCUT2D eigenvalue weighted by Gasteiger charge is -2.11. The first-order chi connectivity index (χ1) is 8.09. The van der Waals surface area contributed by atoms with Gasteiger partial charge in [-0.2, -0.15) is 0 Å². The highest BCUT2D eigenvalue weighted by atomic mass is 32.1. The first-order valence-corrected chi connectivity index (χ1v) is 6.52. The molecule has 0 saturated carbocycles. The fourth-order valence-corrected chi connectivity index (χ4v) is 2.22. The van der Waals surface area contributed by atoms with E-state index in [4.69, 9.17) is 5.11 Å². The van der Waals surface area contributed by atoms with E-state index in [1.165, 1.54) is 0 Å². The molecule has 0 unspecified atom stereocenters. The molecule has 1 aromatic heterocycles. The lowest BCUT2D eigenvalue weighted by Crippen LogP contribution is -2.25. The van der Waals surface area contributed by atoms with Crippen molar-refractivity contribution in [3.05, 3.63) is 22.4 Å². The van der Waals surface area contributed by atoms with Gasteiger partial charge < -0.3 is 10.4 Å². The summed E-state index contributed by atoms with van der Waals surface area (Å²) < 4.78 is 0. The number of carboxylic acid groups (broad SMARTS) is 1. The summed E-state index contributed by atoms with van der Waals surface area (Å²) >= 11 is 1.61. The van der Waals surface area contributed by atoms with Gasteiger partial charge in [0.05, 0.1) is 6.04 Å². The lowest BCUT2D eigenvalue weighted by molar-refractivity contribution is -0.137. The van der Waals surface area contributed by atoms with E-state index in [1.807, 2.05) is 24.4 Å². The minimum absolute atomic E-state index is 0.0173. The van der Waals surface area contributed by atoms with Gasteiger partial charge in [0.2, 0.25) is 5.91 Å². The molecule has 0 fully saturated rings. The average Bonchev–Trinajstić information content (AvgIpc) is 2.77. The van der Waals surface area contributed by atoms with Gasteiger partial charge in [-0.3, -0.25) is 9.59 Å². The molecule has 5 heteroatoms. The molecule has 1 amide bonds. The summed E-state index contributed by atoms with van der Waals surface area (Å²) in [5.74, 6) is -0.825. The van der Waals surface area contributed by atoms with E-state index in [-0.39, 0.29) is 18.4 Å². The minimum atomic E-state index is -0.808. The molecule has 2 N–H and O–H groups in total. The Morgan fingerprint density at radius 3 is 2.71 bits per heavy atom. The number of amides is 1. The van der Waals surface area contributed by atoms with E-state index in [9.17, 15) is 9.59 Å². The SMILES string of the molecule is C[C@H](NC(=O)CCCCC(=O)O)c1cccs1. The molecule has 0 saturated heterocycles. The Kier molecular flexibility index (Phi) is 5.69. The summed E-state index contributed by atoms with van der Waals surface area (Å²) in [6.45, 7) is 1.95. The maximum atomic E-state index is 11.5. The van der Waals surface area contributed by atoms with Gasteiger partial charge in [0.25, 0.3) is 0 Å². The van der Waals surface area contributed by atoms with Crippen molar-refractivity contribution in [3.63, 3.8) is 0 Å². The van der Waals surface area contributed by atoms with Crippen LogP contribution >= 0.6 is 11.3 Å². The van der Waals surface area contributed by atoms with Crippen molar-refractivity contribution < 1.29 is 14.7 Å². The number of unbranched alkanes of at least 4 members (excludes halogenated alkanes) is 1. The second-order valence-corrected chi connectivity index (χ2v) is 4.88. The van der Waals surface area contributed by atoms with Crippen molar-refractivity contribution in [1.29, 1.82) is 0 Å². The number of hydrogen-bond acceptors (Lipinski definition) is 3. The molecule has 0 radical (unpaired) electrons. The van der Waals surface area contributed by atoms with E-state index in [0.29, 0.717) is 19.3 Å². The van der Waals surface area contributed by atoms with Gasteiger partial charge in [-0.15, -0.1) is 11.3 Å². The number of carbonyl (C=O) groups is 2. The van der Waals surface area contributed by atoms with Gasteiger partial charge >= 0.3 is 5.97 Å². The van der Waals surface area contributed by atoms with Gasteiger partial charge in [0, 0.05) is 17.7 Å². The molecule has 1 heterocycles. The van der Waals surface area contributed by atoms with Crippen LogP contribution in [0.25, 0.3) is 0 Å². The van der Waals surface area contributed by atoms with Crippen LogP contribution in [0.2, 0.25) is 0 Å². The van der Waals surface area contributed by atoms with Gasteiger partial charge in [-0.1, -0.05) is 6.07 Å². The van der Waals surface area contributed by atoms with E-state index < -0.39 is 5.97 Å². The third kappa shape index (κ3) is 5.49. The molecule has 1 atom stereocenters. The van der Waals surface area contributed by atoms with Crippen LogP contribution in [0.15, 0.2) is 17.5 Å². The predicted molar refractivity (Wildman–Crippen MR) is 67.0 cm³/mol. The molecular formula is C12H17NO3S. The molecule has 1 rings (SSSR count). The summed E-state index contributed by atoms with van der Waals surface area (Å²) in [5, 5.41) is 13.3. The number of rotatable bonds is 7. The van der Waals surface area contributed by atoms with E-state index >= 15 is 0 Å². The standard InChI is InChI=1S/C12H17NO3S/c1-9(10-5-4-8-17-10)13-11(14)6-2-3-7-12(15)16/h4-5,8-9H,2-3,6-7H2,1H3,(H,13,14)(H,15,16)/t9-/m0/s1. The number of aliphatic carboxylic acids is 1. The second-order valence-electron chi connectivity index (χ2n) is 3.91. The quantitative estimate of drug-likeness (QED) is 0.736. The van der Waals surface area contributed by atoms with E-state index in [0.717, 1.165) is 4.88 Å². The molecule has 0 aliphatic rings. The topological polar surface area (TPSA) is 66.4 Å². The summed E-state index contributed by atoms with van der Waals surface area (Å²) in [6.07, 6.45) is 1.70. The number of hydrogen-bond donors (Lipinski definition) is 2. The van der Waals surface area contributed by atoms with Crippen LogP contribution in [0.5, 0.6) is 0 Å². The molecule has 0 aliphatic carbocycles. The lowest BCUT2D eigenvalue weighted by atomic mass is 10.2. The molecule has 0 aliphatic heterocycles.